The Morgan fingerprint density at radius 3 is 1.07 bits per heavy atom. The normalized spacial score (nSPS) is 11.6. The van der Waals surface area contributed by atoms with Gasteiger partial charge in [0.25, 0.3) is 0 Å². The quantitative estimate of drug-likeness (QED) is 0.0503. The number of rotatable bonds is 25. The molecule has 0 N–H and O–H groups in total. The molecule has 2 aromatic carbocycles. The van der Waals surface area contributed by atoms with Gasteiger partial charge in [0.05, 0.1) is 0 Å². The first-order valence-electron chi connectivity index (χ1n) is 22.5. The second-order valence-electron chi connectivity index (χ2n) is 16.1. The van der Waals surface area contributed by atoms with Crippen molar-refractivity contribution in [2.24, 2.45) is 0 Å². The van der Waals surface area contributed by atoms with Crippen molar-refractivity contribution in [1.29, 1.82) is 0 Å². The number of thiophene rings is 4. The lowest BCUT2D eigenvalue weighted by molar-refractivity contribution is 0.628. The molecule has 6 heteroatoms. The number of hydrogen-bond donors (Lipinski definition) is 0. The lowest BCUT2D eigenvalue weighted by Crippen LogP contribution is -1.87. The highest BCUT2D eigenvalue weighted by Crippen LogP contribution is 2.50. The standard InChI is InChI=1S/C52H64F2S4/c1-5-9-13-17-23-39-34-46(56-49(39)38-28-22-30-44(54)32-38)51-41(25-19-15-11-7-3)36-48(58-51)52-42(26-20-16-12-8-4)35-47(57-52)50-40(24-18-14-10-6-2)33-45(55-50)37-27-21-29-43(53)31-37/h21-22,27-36H,5-20,23-26H2,1-4H3. The Kier molecular flexibility index (Phi) is 17.9. The third-order valence-electron chi connectivity index (χ3n) is 11.3. The van der Waals surface area contributed by atoms with E-state index in [0.29, 0.717) is 0 Å². The van der Waals surface area contributed by atoms with E-state index >= 15 is 0 Å². The zero-order valence-electron chi connectivity index (χ0n) is 35.5. The van der Waals surface area contributed by atoms with E-state index in [-0.39, 0.29) is 11.6 Å². The van der Waals surface area contributed by atoms with Crippen molar-refractivity contribution in [3.05, 3.63) is 107 Å². The van der Waals surface area contributed by atoms with Crippen LogP contribution in [0.1, 0.15) is 153 Å². The average molecular weight is 855 g/mol. The van der Waals surface area contributed by atoms with Gasteiger partial charge < -0.3 is 0 Å². The second-order valence-corrected chi connectivity index (χ2v) is 20.3. The van der Waals surface area contributed by atoms with Crippen molar-refractivity contribution in [3.8, 4) is 50.1 Å². The Morgan fingerprint density at radius 1 is 0.345 bits per heavy atom. The lowest BCUT2D eigenvalue weighted by Gasteiger charge is -2.04. The molecule has 0 saturated heterocycles. The summed E-state index contributed by atoms with van der Waals surface area (Å²) in [6.45, 7) is 9.12. The third kappa shape index (κ3) is 12.1. The van der Waals surface area contributed by atoms with Crippen LogP contribution in [0.25, 0.3) is 50.1 Å². The summed E-state index contributed by atoms with van der Waals surface area (Å²) in [7, 11) is 0. The van der Waals surface area contributed by atoms with Crippen LogP contribution in [-0.2, 0) is 25.7 Å². The highest BCUT2D eigenvalue weighted by molar-refractivity contribution is 7.29. The molecule has 0 bridgehead atoms. The van der Waals surface area contributed by atoms with E-state index in [1.165, 1.54) is 153 Å². The van der Waals surface area contributed by atoms with Crippen LogP contribution in [-0.4, -0.2) is 0 Å². The maximum atomic E-state index is 14.6. The van der Waals surface area contributed by atoms with Gasteiger partial charge in [0.1, 0.15) is 11.6 Å². The van der Waals surface area contributed by atoms with Crippen LogP contribution in [0.5, 0.6) is 0 Å². The molecule has 310 valence electrons. The summed E-state index contributed by atoms with van der Waals surface area (Å²) < 4.78 is 29.1. The van der Waals surface area contributed by atoms with Crippen LogP contribution in [0, 0.1) is 11.6 Å². The molecule has 0 fully saturated rings. The first-order chi connectivity index (χ1) is 28.4. The van der Waals surface area contributed by atoms with Gasteiger partial charge in [0.15, 0.2) is 0 Å². The predicted octanol–water partition coefficient (Wildman–Crippen LogP) is 19.0. The van der Waals surface area contributed by atoms with Crippen molar-refractivity contribution >= 4 is 45.3 Å². The topological polar surface area (TPSA) is 0 Å². The zero-order valence-corrected chi connectivity index (χ0v) is 38.7. The van der Waals surface area contributed by atoms with E-state index in [4.69, 9.17) is 0 Å². The van der Waals surface area contributed by atoms with Crippen molar-refractivity contribution in [2.45, 2.75) is 156 Å². The summed E-state index contributed by atoms with van der Waals surface area (Å²) in [6, 6.07) is 24.2. The molecule has 0 amide bonds. The van der Waals surface area contributed by atoms with Crippen molar-refractivity contribution in [1.82, 2.24) is 0 Å². The minimum absolute atomic E-state index is 0.169. The third-order valence-corrected chi connectivity index (χ3v) is 16.6. The molecular formula is C52H64F2S4. The Morgan fingerprint density at radius 2 is 0.672 bits per heavy atom. The molecule has 0 aliphatic carbocycles. The van der Waals surface area contributed by atoms with Gasteiger partial charge in [-0.1, -0.05) is 129 Å². The molecule has 0 radical (unpaired) electrons. The molecule has 0 saturated carbocycles. The Labute approximate surface area is 364 Å². The summed E-state index contributed by atoms with van der Waals surface area (Å²) in [4.78, 5) is 10.7. The van der Waals surface area contributed by atoms with Crippen LogP contribution in [0.4, 0.5) is 8.78 Å². The minimum Gasteiger partial charge on any atom is -0.207 e. The first kappa shape index (κ1) is 44.6. The van der Waals surface area contributed by atoms with E-state index in [2.05, 4.69) is 64.1 Å². The average Bonchev–Trinajstić information content (AvgIpc) is 4.03. The highest BCUT2D eigenvalue weighted by Gasteiger charge is 2.23. The fourth-order valence-electron chi connectivity index (χ4n) is 8.05. The fourth-order valence-corrected chi connectivity index (χ4v) is 13.3. The highest BCUT2D eigenvalue weighted by atomic mass is 32.1. The Hall–Kier alpha value is -2.90. The van der Waals surface area contributed by atoms with E-state index in [9.17, 15) is 8.78 Å². The molecule has 0 unspecified atom stereocenters. The number of unbranched alkanes of at least 4 members (excludes halogenated alkanes) is 12. The maximum absolute atomic E-state index is 14.6. The minimum atomic E-state index is -0.180. The van der Waals surface area contributed by atoms with Gasteiger partial charge in [-0.3, -0.25) is 0 Å². The van der Waals surface area contributed by atoms with Crippen molar-refractivity contribution < 1.29 is 8.78 Å². The van der Waals surface area contributed by atoms with Crippen LogP contribution < -0.4 is 0 Å². The first-order valence-corrected chi connectivity index (χ1v) is 25.7. The number of halogens is 2. The molecule has 58 heavy (non-hydrogen) atoms. The van der Waals surface area contributed by atoms with E-state index in [1.807, 2.05) is 57.5 Å². The van der Waals surface area contributed by atoms with E-state index in [1.54, 1.807) is 24.3 Å². The zero-order chi connectivity index (χ0) is 40.7. The molecule has 6 aromatic rings. The van der Waals surface area contributed by atoms with Gasteiger partial charge in [-0.05, 0) is 133 Å². The molecule has 0 spiro atoms. The van der Waals surface area contributed by atoms with Gasteiger partial charge >= 0.3 is 0 Å². The largest absolute Gasteiger partial charge is 0.207 e. The van der Waals surface area contributed by atoms with Gasteiger partial charge in [0, 0.05) is 39.0 Å². The molecule has 4 aromatic heterocycles. The van der Waals surface area contributed by atoms with Crippen molar-refractivity contribution in [3.63, 3.8) is 0 Å². The molecule has 0 atom stereocenters. The molecule has 0 aliphatic rings. The van der Waals surface area contributed by atoms with Gasteiger partial charge in [-0.25, -0.2) is 8.78 Å². The summed E-state index contributed by atoms with van der Waals surface area (Å²) in [5.41, 5.74) is 7.68. The summed E-state index contributed by atoms with van der Waals surface area (Å²) in [5, 5.41) is 0. The van der Waals surface area contributed by atoms with Gasteiger partial charge in [-0.2, -0.15) is 0 Å². The Bertz CT molecular complexity index is 2140. The number of hydrogen-bond acceptors (Lipinski definition) is 4. The molecule has 4 heterocycles. The van der Waals surface area contributed by atoms with E-state index in [0.717, 1.165) is 48.1 Å². The summed E-state index contributed by atoms with van der Waals surface area (Å²) >= 11 is 7.67. The number of benzene rings is 2. The molecule has 0 nitrogen and oxygen atoms in total. The second kappa shape index (κ2) is 23.2. The predicted molar refractivity (Wildman–Crippen MR) is 256 cm³/mol. The van der Waals surface area contributed by atoms with Crippen LogP contribution in [0.15, 0.2) is 72.8 Å². The molecule has 0 aliphatic heterocycles. The Balaban J connectivity index is 1.44. The summed E-state index contributed by atoms with van der Waals surface area (Å²) in [6.07, 6.45) is 23.9. The van der Waals surface area contributed by atoms with Gasteiger partial charge in [0.2, 0.25) is 0 Å². The SMILES string of the molecule is CCCCCCc1cc(-c2sc(-c3sc(-c4sc(-c5cccc(F)c5)cc4CCCCCC)cc3CCCCCC)cc2CCCCCC)sc1-c1cccc(F)c1. The van der Waals surface area contributed by atoms with E-state index < -0.39 is 0 Å². The maximum Gasteiger partial charge on any atom is 0.123 e. The van der Waals surface area contributed by atoms with Crippen LogP contribution in [0.3, 0.4) is 0 Å². The van der Waals surface area contributed by atoms with Crippen LogP contribution in [0.2, 0.25) is 0 Å². The summed E-state index contributed by atoms with van der Waals surface area (Å²) in [5.74, 6) is -0.349. The number of aryl methyl sites for hydroxylation is 4. The fraction of sp³-hybridized carbons (Fsp3) is 0.462. The molecule has 6 rings (SSSR count). The molecular weight excluding hydrogens is 791 g/mol. The van der Waals surface area contributed by atoms with Crippen LogP contribution >= 0.6 is 45.3 Å². The monoisotopic (exact) mass is 854 g/mol. The van der Waals surface area contributed by atoms with Crippen molar-refractivity contribution in [2.75, 3.05) is 0 Å². The smallest absolute Gasteiger partial charge is 0.123 e. The lowest BCUT2D eigenvalue weighted by atomic mass is 10.0. The van der Waals surface area contributed by atoms with Gasteiger partial charge in [-0.15, -0.1) is 45.3 Å².